The molecule has 0 aromatic rings. The maximum atomic E-state index is 11.6. The molecule has 0 radical (unpaired) electrons. The molecule has 0 aliphatic heterocycles. The van der Waals surface area contributed by atoms with Crippen molar-refractivity contribution in [2.45, 2.75) is 47.6 Å². The number of rotatable bonds is 5. The quantitative estimate of drug-likeness (QED) is 0.715. The smallest absolute Gasteiger partial charge is 0.265 e. The van der Waals surface area contributed by atoms with Gasteiger partial charge in [0.1, 0.15) is 6.04 Å². The van der Waals surface area contributed by atoms with Crippen LogP contribution < -0.4 is 10.8 Å². The molecule has 1 unspecified atom stereocenters. The van der Waals surface area contributed by atoms with Crippen molar-refractivity contribution in [1.82, 2.24) is 10.8 Å². The van der Waals surface area contributed by atoms with Crippen molar-refractivity contribution < 1.29 is 14.4 Å². The third kappa shape index (κ3) is 6.94. The van der Waals surface area contributed by atoms with E-state index in [1.54, 1.807) is 27.7 Å². The van der Waals surface area contributed by atoms with Crippen LogP contribution in [0, 0.1) is 11.3 Å². The van der Waals surface area contributed by atoms with Crippen LogP contribution in [0.1, 0.15) is 41.5 Å². The van der Waals surface area contributed by atoms with Crippen LogP contribution in [0.3, 0.4) is 0 Å². The second kappa shape index (κ2) is 6.59. The lowest BCUT2D eigenvalue weighted by Gasteiger charge is -2.21. The fourth-order valence-electron chi connectivity index (χ4n) is 0.847. The topological polar surface area (TPSA) is 67.4 Å². The van der Waals surface area contributed by atoms with Crippen molar-refractivity contribution >= 4 is 11.8 Å². The van der Waals surface area contributed by atoms with Gasteiger partial charge in [0.15, 0.2) is 0 Å². The van der Waals surface area contributed by atoms with E-state index in [4.69, 9.17) is 4.84 Å². The monoisotopic (exact) mass is 244 g/mol. The van der Waals surface area contributed by atoms with Crippen molar-refractivity contribution in [2.24, 2.45) is 11.3 Å². The Hall–Kier alpha value is -1.10. The highest BCUT2D eigenvalue weighted by atomic mass is 16.7. The van der Waals surface area contributed by atoms with Gasteiger partial charge in [0.05, 0.1) is 6.61 Å². The van der Waals surface area contributed by atoms with E-state index in [2.05, 4.69) is 10.8 Å². The summed E-state index contributed by atoms with van der Waals surface area (Å²) >= 11 is 0. The second-order valence-electron chi connectivity index (χ2n) is 5.62. The zero-order chi connectivity index (χ0) is 13.6. The third-order valence-corrected chi connectivity index (χ3v) is 2.01. The number of hydrogen-bond donors (Lipinski definition) is 2. The van der Waals surface area contributed by atoms with E-state index in [0.717, 1.165) is 0 Å². The largest absolute Gasteiger partial charge is 0.344 e. The summed E-state index contributed by atoms with van der Waals surface area (Å²) in [7, 11) is 0. The van der Waals surface area contributed by atoms with E-state index in [9.17, 15) is 9.59 Å². The first-order chi connectivity index (χ1) is 7.64. The van der Waals surface area contributed by atoms with E-state index >= 15 is 0 Å². The van der Waals surface area contributed by atoms with Gasteiger partial charge in [0.2, 0.25) is 5.91 Å². The highest BCUT2D eigenvalue weighted by Gasteiger charge is 2.25. The molecule has 0 saturated heterocycles. The van der Waals surface area contributed by atoms with Gasteiger partial charge in [-0.05, 0) is 12.8 Å². The zero-order valence-corrected chi connectivity index (χ0v) is 11.6. The Balaban J connectivity index is 4.02. The highest BCUT2D eigenvalue weighted by Crippen LogP contribution is 2.12. The molecule has 0 fully saturated rings. The van der Waals surface area contributed by atoms with Gasteiger partial charge >= 0.3 is 0 Å². The normalized spacial score (nSPS) is 13.4. The Kier molecular flexibility index (Phi) is 6.16. The summed E-state index contributed by atoms with van der Waals surface area (Å²) in [5.41, 5.74) is 1.81. The number of carbonyl (C=O) groups excluding carboxylic acids is 2. The van der Waals surface area contributed by atoms with Crippen molar-refractivity contribution in [1.29, 1.82) is 0 Å². The van der Waals surface area contributed by atoms with Crippen LogP contribution in [0.2, 0.25) is 0 Å². The minimum absolute atomic E-state index is 0.163. The van der Waals surface area contributed by atoms with Gasteiger partial charge in [-0.3, -0.25) is 14.4 Å². The maximum Gasteiger partial charge on any atom is 0.265 e. The fraction of sp³-hybridized carbons (Fsp3) is 0.833. The first-order valence-corrected chi connectivity index (χ1v) is 5.87. The van der Waals surface area contributed by atoms with Gasteiger partial charge in [-0.2, -0.15) is 0 Å². The Morgan fingerprint density at radius 2 is 1.71 bits per heavy atom. The number of amides is 2. The lowest BCUT2D eigenvalue weighted by Crippen LogP contribution is -2.48. The molecule has 2 N–H and O–H groups in total. The molecule has 5 heteroatoms. The van der Waals surface area contributed by atoms with E-state index in [0.29, 0.717) is 12.5 Å². The first kappa shape index (κ1) is 15.9. The van der Waals surface area contributed by atoms with Crippen LogP contribution in [-0.4, -0.2) is 24.5 Å². The average Bonchev–Trinajstić information content (AvgIpc) is 2.15. The molecule has 0 aromatic heterocycles. The van der Waals surface area contributed by atoms with E-state index in [1.165, 1.54) is 0 Å². The van der Waals surface area contributed by atoms with Crippen LogP contribution in [0.15, 0.2) is 0 Å². The van der Waals surface area contributed by atoms with Crippen molar-refractivity contribution in [3.05, 3.63) is 0 Å². The maximum absolute atomic E-state index is 11.6. The van der Waals surface area contributed by atoms with Gasteiger partial charge in [-0.25, -0.2) is 5.48 Å². The lowest BCUT2D eigenvalue weighted by molar-refractivity contribution is -0.140. The molecule has 0 heterocycles. The molecule has 0 saturated carbocycles. The summed E-state index contributed by atoms with van der Waals surface area (Å²) in [5, 5.41) is 2.63. The number of hydroxylamine groups is 1. The Bertz CT molecular complexity index is 269. The molecular weight excluding hydrogens is 220 g/mol. The molecular formula is C12H24N2O3. The van der Waals surface area contributed by atoms with Crippen LogP contribution in [0.25, 0.3) is 0 Å². The summed E-state index contributed by atoms with van der Waals surface area (Å²) in [6, 6.07) is -0.603. The van der Waals surface area contributed by atoms with E-state index < -0.39 is 11.5 Å². The number of hydrogen-bond acceptors (Lipinski definition) is 3. The van der Waals surface area contributed by atoms with Crippen molar-refractivity contribution in [3.8, 4) is 0 Å². The summed E-state index contributed by atoms with van der Waals surface area (Å²) in [5.74, 6) is -0.165. The summed E-state index contributed by atoms with van der Waals surface area (Å²) in [4.78, 5) is 28.2. The number of carbonyl (C=O) groups is 2. The predicted molar refractivity (Wildman–Crippen MR) is 66.0 cm³/mol. The van der Waals surface area contributed by atoms with Crippen LogP contribution >= 0.6 is 0 Å². The van der Waals surface area contributed by atoms with Gasteiger partial charge < -0.3 is 5.32 Å². The fourth-order valence-corrected chi connectivity index (χ4v) is 0.847. The van der Waals surface area contributed by atoms with Gasteiger partial charge in [-0.1, -0.05) is 34.6 Å². The standard InChI is InChI=1S/C12H24N2O3/c1-8(2)7-17-14-10(15)9(3)13-11(16)12(4,5)6/h8-9H,7H2,1-6H3,(H,13,16)(H,14,15). The molecule has 0 aromatic carbocycles. The summed E-state index contributed by atoms with van der Waals surface area (Å²) in [6.07, 6.45) is 0. The Morgan fingerprint density at radius 1 is 1.18 bits per heavy atom. The van der Waals surface area contributed by atoms with Crippen LogP contribution in [0.4, 0.5) is 0 Å². The van der Waals surface area contributed by atoms with Crippen molar-refractivity contribution in [2.75, 3.05) is 6.61 Å². The molecule has 0 spiro atoms. The summed E-state index contributed by atoms with van der Waals surface area (Å²) in [6.45, 7) is 11.4. The predicted octanol–water partition coefficient (Wildman–Crippen LogP) is 1.24. The molecule has 0 aliphatic rings. The molecule has 5 nitrogen and oxygen atoms in total. The second-order valence-corrected chi connectivity index (χ2v) is 5.62. The van der Waals surface area contributed by atoms with Gasteiger partial charge in [-0.15, -0.1) is 0 Å². The molecule has 0 aliphatic carbocycles. The van der Waals surface area contributed by atoms with E-state index in [1.807, 2.05) is 13.8 Å². The van der Waals surface area contributed by atoms with Crippen LogP contribution in [-0.2, 0) is 14.4 Å². The molecule has 1 atom stereocenters. The third-order valence-electron chi connectivity index (χ3n) is 2.01. The number of nitrogens with one attached hydrogen (secondary N) is 2. The highest BCUT2D eigenvalue weighted by molar-refractivity contribution is 5.88. The molecule has 2 amide bonds. The molecule has 17 heavy (non-hydrogen) atoms. The van der Waals surface area contributed by atoms with Crippen molar-refractivity contribution in [3.63, 3.8) is 0 Å². The van der Waals surface area contributed by atoms with Gasteiger partial charge in [0.25, 0.3) is 5.91 Å². The van der Waals surface area contributed by atoms with E-state index in [-0.39, 0.29) is 11.8 Å². The molecule has 0 rings (SSSR count). The molecule has 0 bridgehead atoms. The minimum atomic E-state index is -0.603. The van der Waals surface area contributed by atoms with Gasteiger partial charge in [0, 0.05) is 5.41 Å². The zero-order valence-electron chi connectivity index (χ0n) is 11.6. The Morgan fingerprint density at radius 3 is 2.12 bits per heavy atom. The van der Waals surface area contributed by atoms with Crippen LogP contribution in [0.5, 0.6) is 0 Å². The summed E-state index contributed by atoms with van der Waals surface area (Å²) < 4.78 is 0. The average molecular weight is 244 g/mol. The molecule has 100 valence electrons. The lowest BCUT2D eigenvalue weighted by atomic mass is 9.95. The first-order valence-electron chi connectivity index (χ1n) is 5.87. The SMILES string of the molecule is CC(C)CONC(=O)C(C)NC(=O)C(C)(C)C. The Labute approximate surface area is 103 Å². The minimum Gasteiger partial charge on any atom is -0.344 e.